The van der Waals surface area contributed by atoms with Crippen LogP contribution in [0.4, 0.5) is 0 Å². The van der Waals surface area contributed by atoms with Crippen LogP contribution in [0.3, 0.4) is 0 Å². The van der Waals surface area contributed by atoms with E-state index < -0.39 is 80.0 Å². The van der Waals surface area contributed by atoms with E-state index in [1.807, 2.05) is 0 Å². The van der Waals surface area contributed by atoms with Gasteiger partial charge in [0.15, 0.2) is 29.9 Å². The second kappa shape index (κ2) is 13.9. The first kappa shape index (κ1) is 34.9. The van der Waals surface area contributed by atoms with Gasteiger partial charge in [-0.2, -0.15) is 0 Å². The average molecular weight is 705 g/mol. The zero-order valence-electron chi connectivity index (χ0n) is 27.2. The summed E-state index contributed by atoms with van der Waals surface area (Å²) in [5.41, 5.74) is 2.20. The summed E-state index contributed by atoms with van der Waals surface area (Å²) in [4.78, 5) is 13.9. The summed E-state index contributed by atoms with van der Waals surface area (Å²) >= 11 is 0. The summed E-state index contributed by atoms with van der Waals surface area (Å²) in [5.74, 6) is 1.67. The van der Waals surface area contributed by atoms with Gasteiger partial charge in [-0.3, -0.25) is 4.79 Å². The summed E-state index contributed by atoms with van der Waals surface area (Å²) in [7, 11) is 3.04. The van der Waals surface area contributed by atoms with E-state index in [9.17, 15) is 35.4 Å². The lowest BCUT2D eigenvalue weighted by molar-refractivity contribution is -0.319. The molecule has 7 rings (SSSR count). The number of Topliss-reactive ketones (excluding diaryl/α,β-unsaturated/α-hetero) is 1. The van der Waals surface area contributed by atoms with Crippen LogP contribution in [0, 0.1) is 0 Å². The Hall–Kier alpha value is -3.55. The molecule has 0 aliphatic carbocycles. The van der Waals surface area contributed by atoms with Gasteiger partial charge >= 0.3 is 0 Å². The molecule has 0 amide bonds. The Kier molecular flexibility index (Phi) is 9.68. The van der Waals surface area contributed by atoms with E-state index in [0.717, 1.165) is 0 Å². The lowest BCUT2D eigenvalue weighted by Gasteiger charge is -2.41. The molecule has 5 aliphatic rings. The summed E-state index contributed by atoms with van der Waals surface area (Å²) in [6.07, 6.45) is -14.1. The fourth-order valence-electron chi connectivity index (χ4n) is 6.88. The van der Waals surface area contributed by atoms with Gasteiger partial charge in [0.05, 0.1) is 45.5 Å². The minimum Gasteiger partial charge on any atom is -0.493 e. The van der Waals surface area contributed by atoms with Gasteiger partial charge in [0.25, 0.3) is 0 Å². The predicted octanol–water partition coefficient (Wildman–Crippen LogP) is -1.04. The van der Waals surface area contributed by atoms with Crippen molar-refractivity contribution in [3.8, 4) is 28.7 Å². The Morgan fingerprint density at radius 1 is 0.860 bits per heavy atom. The molecule has 2 aromatic rings. The first-order valence-corrected chi connectivity index (χ1v) is 16.2. The highest BCUT2D eigenvalue weighted by Gasteiger charge is 2.48. The number of methoxy groups -OCH3 is 2. The molecule has 0 bridgehead atoms. The molecule has 0 saturated carbocycles. The summed E-state index contributed by atoms with van der Waals surface area (Å²) in [6, 6.07) is 6.82. The third kappa shape index (κ3) is 6.08. The maximum absolute atomic E-state index is 13.9. The van der Waals surface area contributed by atoms with Gasteiger partial charge in [-0.05, 0) is 23.8 Å². The second-order valence-electron chi connectivity index (χ2n) is 12.9. The van der Waals surface area contributed by atoms with E-state index in [0.29, 0.717) is 57.4 Å². The van der Waals surface area contributed by atoms with E-state index in [1.54, 1.807) is 24.3 Å². The monoisotopic (exact) mass is 704 g/mol. The standard InChI is InChI=1S/C34H40O16/c1-13(9-45-34-31(41)29(39)28(38)24(50-34)12-47-33-30(40)27(37)17(35)10-46-33)19-7-16-18(48-19)5-4-14-26(36)25-15-6-21(42-2)22(43-3)8-20(15)44-11-23(25)49-32(14)16/h4-6,8,17,19,23-25,27-31,33-35,37-41H,1,7,9-12H2,2-3H3/t17-,19+,23-,24-,25-,27-,28+,29-,30+,31+,33+,34-/m0/s1. The highest BCUT2D eigenvalue weighted by molar-refractivity contribution is 6.06. The molecule has 5 aliphatic heterocycles. The van der Waals surface area contributed by atoms with Crippen LogP contribution in [0.1, 0.15) is 27.4 Å². The fraction of sp³-hybridized carbons (Fsp3) is 0.559. The Balaban J connectivity index is 0.993. The van der Waals surface area contributed by atoms with E-state index in [1.165, 1.54) is 14.2 Å². The predicted molar refractivity (Wildman–Crippen MR) is 167 cm³/mol. The van der Waals surface area contributed by atoms with E-state index >= 15 is 0 Å². The third-order valence-corrected chi connectivity index (χ3v) is 9.76. The van der Waals surface area contributed by atoms with Crippen LogP contribution in [-0.2, 0) is 25.4 Å². The lowest BCUT2D eigenvalue weighted by atomic mass is 9.81. The SMILES string of the molecule is C=C(CO[C@H]1O[C@@H](CO[C@H]2OC[C@H](O)[C@H](O)[C@H]2O)[C@@H](O)[C@H](O)[C@H]1O)[C@H]1Cc2c(ccc3c2O[C@H]2COc4cc(OC)c(OC)cc4[C@@H]2C3=O)O1. The number of aliphatic hydroxyl groups excluding tert-OH is 6. The van der Waals surface area contributed by atoms with Crippen molar-refractivity contribution in [2.24, 2.45) is 0 Å². The molecule has 2 saturated heterocycles. The van der Waals surface area contributed by atoms with E-state index in [2.05, 4.69) is 6.58 Å². The van der Waals surface area contributed by atoms with Crippen molar-refractivity contribution in [1.29, 1.82) is 0 Å². The van der Waals surface area contributed by atoms with Crippen molar-refractivity contribution in [3.05, 3.63) is 53.1 Å². The first-order chi connectivity index (χ1) is 24.0. The van der Waals surface area contributed by atoms with Crippen LogP contribution in [-0.4, -0.2) is 145 Å². The average Bonchev–Trinajstić information content (AvgIpc) is 3.57. The van der Waals surface area contributed by atoms with E-state index in [4.69, 9.17) is 42.6 Å². The number of fused-ring (bicyclic) bond motifs is 6. The molecule has 272 valence electrons. The number of rotatable bonds is 9. The number of hydrogen-bond donors (Lipinski definition) is 6. The Bertz CT molecular complexity index is 1610. The largest absolute Gasteiger partial charge is 0.493 e. The fourth-order valence-corrected chi connectivity index (χ4v) is 6.88. The van der Waals surface area contributed by atoms with Gasteiger partial charge in [-0.15, -0.1) is 0 Å². The smallest absolute Gasteiger partial charge is 0.187 e. The van der Waals surface area contributed by atoms with Crippen LogP contribution in [0.15, 0.2) is 36.4 Å². The molecular weight excluding hydrogens is 664 g/mol. The molecule has 0 radical (unpaired) electrons. The molecule has 0 unspecified atom stereocenters. The molecular formula is C34H40O16. The maximum atomic E-state index is 13.9. The Labute approximate surface area is 286 Å². The molecule has 2 fully saturated rings. The van der Waals surface area contributed by atoms with E-state index in [-0.39, 0.29) is 25.6 Å². The van der Waals surface area contributed by atoms with Crippen LogP contribution >= 0.6 is 0 Å². The summed E-state index contributed by atoms with van der Waals surface area (Å²) in [5, 5.41) is 61.2. The highest BCUT2D eigenvalue weighted by atomic mass is 16.7. The minimum absolute atomic E-state index is 0.123. The summed E-state index contributed by atoms with van der Waals surface area (Å²) < 4.78 is 51.5. The lowest BCUT2D eigenvalue weighted by Crippen LogP contribution is -2.60. The number of carbonyl (C=O) groups excluding carboxylic acids is 1. The molecule has 16 nitrogen and oxygen atoms in total. The van der Waals surface area contributed by atoms with Crippen molar-refractivity contribution in [1.82, 2.24) is 0 Å². The maximum Gasteiger partial charge on any atom is 0.187 e. The van der Waals surface area contributed by atoms with Gasteiger partial charge in [0.1, 0.15) is 78.8 Å². The normalized spacial score (nSPS) is 35.7. The van der Waals surface area contributed by atoms with Gasteiger partial charge in [-0.25, -0.2) is 0 Å². The van der Waals surface area contributed by atoms with Crippen molar-refractivity contribution in [2.45, 2.75) is 79.9 Å². The number of aliphatic hydroxyl groups is 6. The Morgan fingerprint density at radius 2 is 1.60 bits per heavy atom. The molecule has 16 heteroatoms. The van der Waals surface area contributed by atoms with Crippen molar-refractivity contribution in [3.63, 3.8) is 0 Å². The van der Waals surface area contributed by atoms with Gasteiger partial charge in [0.2, 0.25) is 0 Å². The number of benzene rings is 2. The number of hydrogen-bond acceptors (Lipinski definition) is 16. The Morgan fingerprint density at radius 3 is 2.36 bits per heavy atom. The zero-order chi connectivity index (χ0) is 35.4. The zero-order valence-corrected chi connectivity index (χ0v) is 27.2. The van der Waals surface area contributed by atoms with Crippen LogP contribution in [0.25, 0.3) is 0 Å². The molecule has 5 heterocycles. The molecule has 2 aromatic carbocycles. The molecule has 0 spiro atoms. The van der Waals surface area contributed by atoms with Crippen LogP contribution < -0.4 is 23.7 Å². The molecule has 6 N–H and O–H groups in total. The second-order valence-corrected chi connectivity index (χ2v) is 12.9. The highest BCUT2D eigenvalue weighted by Crippen LogP contribution is 2.50. The van der Waals surface area contributed by atoms with Crippen LogP contribution in [0.5, 0.6) is 28.7 Å². The topological polar surface area (TPSA) is 222 Å². The summed E-state index contributed by atoms with van der Waals surface area (Å²) in [6.45, 7) is 3.35. The van der Waals surface area contributed by atoms with Gasteiger partial charge in [-0.1, -0.05) is 6.58 Å². The third-order valence-electron chi connectivity index (χ3n) is 9.76. The number of ether oxygens (including phenoxy) is 9. The molecule has 12 atom stereocenters. The van der Waals surface area contributed by atoms with Crippen molar-refractivity contribution < 1.29 is 78.1 Å². The van der Waals surface area contributed by atoms with Crippen LogP contribution in [0.2, 0.25) is 0 Å². The van der Waals surface area contributed by atoms with Crippen molar-refractivity contribution >= 4 is 5.78 Å². The van der Waals surface area contributed by atoms with Gasteiger partial charge in [0, 0.05) is 23.6 Å². The number of carbonyl (C=O) groups is 1. The molecule has 50 heavy (non-hydrogen) atoms. The number of ketones is 1. The first-order valence-electron chi connectivity index (χ1n) is 16.2. The van der Waals surface area contributed by atoms with Gasteiger partial charge < -0.3 is 73.3 Å². The molecule has 0 aromatic heterocycles. The minimum atomic E-state index is -1.67. The quantitative estimate of drug-likeness (QED) is 0.172. The van der Waals surface area contributed by atoms with Crippen molar-refractivity contribution in [2.75, 3.05) is 40.6 Å².